The number of nitrogens with zero attached hydrogens (tertiary/aromatic N) is 1. The van der Waals surface area contributed by atoms with E-state index in [1.165, 1.54) is 0 Å². The molecular weight excluding hydrogens is 464 g/mol. The molecular formula is C30H32N4O3. The van der Waals surface area contributed by atoms with Crippen LogP contribution in [0.4, 0.5) is 11.5 Å². The molecule has 0 unspecified atom stereocenters. The first-order valence-electron chi connectivity index (χ1n) is 12.3. The summed E-state index contributed by atoms with van der Waals surface area (Å²) in [6, 6.07) is 24.5. The van der Waals surface area contributed by atoms with E-state index in [1.54, 1.807) is 31.3 Å². The Hall–Kier alpha value is -4.52. The number of aromatic nitrogens is 1. The highest BCUT2D eigenvalue weighted by Crippen LogP contribution is 2.19. The molecule has 7 nitrogen and oxygen atoms in total. The summed E-state index contributed by atoms with van der Waals surface area (Å²) in [7, 11) is 0. The minimum absolute atomic E-state index is 0.0836. The van der Waals surface area contributed by atoms with Crippen molar-refractivity contribution in [1.29, 1.82) is 5.41 Å². The number of ether oxygens (including phenoxy) is 1. The molecule has 3 aromatic carbocycles. The highest BCUT2D eigenvalue weighted by Gasteiger charge is 2.13. The Balaban J connectivity index is 0.00000186. The lowest BCUT2D eigenvalue weighted by molar-refractivity contribution is -0.141. The van der Waals surface area contributed by atoms with E-state index in [9.17, 15) is 9.59 Å². The Kier molecular flexibility index (Phi) is 9.91. The van der Waals surface area contributed by atoms with Crippen LogP contribution in [-0.4, -0.2) is 29.2 Å². The van der Waals surface area contributed by atoms with E-state index in [0.717, 1.165) is 22.0 Å². The van der Waals surface area contributed by atoms with Crippen molar-refractivity contribution in [3.05, 3.63) is 102 Å². The van der Waals surface area contributed by atoms with E-state index >= 15 is 0 Å². The van der Waals surface area contributed by atoms with Crippen LogP contribution in [0.3, 0.4) is 0 Å². The molecule has 0 radical (unpaired) electrons. The molecule has 1 heterocycles. The van der Waals surface area contributed by atoms with Gasteiger partial charge >= 0.3 is 5.97 Å². The zero-order valence-electron chi connectivity index (χ0n) is 21.4. The smallest absolute Gasteiger partial charge is 0.311 e. The number of para-hydroxylation sites is 1. The number of carbonyl (C=O) groups excluding carboxylic acids is 2. The maximum atomic E-state index is 12.7. The summed E-state index contributed by atoms with van der Waals surface area (Å²) in [4.78, 5) is 28.8. The number of carbonyl (C=O) groups is 2. The largest absolute Gasteiger partial charge is 0.466 e. The number of anilines is 2. The zero-order valence-corrected chi connectivity index (χ0v) is 21.4. The van der Waals surface area contributed by atoms with Crippen molar-refractivity contribution < 1.29 is 14.3 Å². The summed E-state index contributed by atoms with van der Waals surface area (Å²) in [5, 5.41) is 16.5. The topological polar surface area (TPSA) is 104 Å². The fourth-order valence-corrected chi connectivity index (χ4v) is 3.67. The fourth-order valence-electron chi connectivity index (χ4n) is 3.67. The third-order valence-corrected chi connectivity index (χ3v) is 5.44. The van der Waals surface area contributed by atoms with Crippen LogP contribution in [0, 0.1) is 5.41 Å². The van der Waals surface area contributed by atoms with Crippen LogP contribution < -0.4 is 10.6 Å². The molecule has 1 amide bonds. The van der Waals surface area contributed by atoms with Crippen LogP contribution >= 0.6 is 0 Å². The monoisotopic (exact) mass is 496 g/mol. The Morgan fingerprint density at radius 1 is 0.919 bits per heavy atom. The molecule has 0 aliphatic heterocycles. The SMILES string of the molecule is CC.CCOC(=O)CC(=N)c1ccccc1NCc1ccc(NC(=O)c2ccc3ccccc3c2)nc1. The average Bonchev–Trinajstić information content (AvgIpc) is 2.93. The van der Waals surface area contributed by atoms with Gasteiger partial charge < -0.3 is 20.8 Å². The number of fused-ring (bicyclic) bond motifs is 1. The lowest BCUT2D eigenvalue weighted by Crippen LogP contribution is -2.14. The summed E-state index contributed by atoms with van der Waals surface area (Å²) in [5.41, 5.74) is 3.05. The van der Waals surface area contributed by atoms with E-state index in [4.69, 9.17) is 10.1 Å². The molecule has 0 aliphatic carbocycles. The van der Waals surface area contributed by atoms with Gasteiger partial charge in [0.1, 0.15) is 5.82 Å². The molecule has 4 aromatic rings. The highest BCUT2D eigenvalue weighted by atomic mass is 16.5. The van der Waals surface area contributed by atoms with Crippen molar-refractivity contribution in [3.8, 4) is 0 Å². The lowest BCUT2D eigenvalue weighted by atomic mass is 10.0. The van der Waals surface area contributed by atoms with Crippen molar-refractivity contribution in [3.63, 3.8) is 0 Å². The van der Waals surface area contributed by atoms with Crippen molar-refractivity contribution >= 4 is 39.9 Å². The van der Waals surface area contributed by atoms with Crippen LogP contribution in [0.15, 0.2) is 85.1 Å². The summed E-state index contributed by atoms with van der Waals surface area (Å²) >= 11 is 0. The van der Waals surface area contributed by atoms with Gasteiger partial charge in [-0.25, -0.2) is 4.98 Å². The van der Waals surface area contributed by atoms with Gasteiger partial charge in [-0.2, -0.15) is 0 Å². The molecule has 190 valence electrons. The first-order valence-corrected chi connectivity index (χ1v) is 12.3. The molecule has 3 N–H and O–H groups in total. The number of hydrogen-bond donors (Lipinski definition) is 3. The molecule has 37 heavy (non-hydrogen) atoms. The van der Waals surface area contributed by atoms with Crippen LogP contribution in [0.5, 0.6) is 0 Å². The number of esters is 1. The number of pyridine rings is 1. The number of rotatable bonds is 9. The Bertz CT molecular complexity index is 1370. The third-order valence-electron chi connectivity index (χ3n) is 5.44. The molecule has 0 saturated carbocycles. The van der Waals surface area contributed by atoms with Gasteiger partial charge in [-0.1, -0.05) is 68.4 Å². The number of amides is 1. The quantitative estimate of drug-likeness (QED) is 0.183. The number of nitrogens with one attached hydrogen (secondary N) is 3. The van der Waals surface area contributed by atoms with E-state index in [2.05, 4.69) is 15.6 Å². The fraction of sp³-hybridized carbons (Fsp3) is 0.200. The molecule has 1 aromatic heterocycles. The first kappa shape index (κ1) is 27.1. The predicted molar refractivity (Wildman–Crippen MR) is 149 cm³/mol. The Morgan fingerprint density at radius 3 is 2.38 bits per heavy atom. The van der Waals surface area contributed by atoms with Crippen LogP contribution in [0.25, 0.3) is 10.8 Å². The number of benzene rings is 3. The summed E-state index contributed by atoms with van der Waals surface area (Å²) < 4.78 is 4.95. The van der Waals surface area contributed by atoms with Gasteiger partial charge in [0.2, 0.25) is 0 Å². The molecule has 7 heteroatoms. The maximum absolute atomic E-state index is 12.7. The molecule has 4 rings (SSSR count). The first-order chi connectivity index (χ1) is 18.0. The minimum Gasteiger partial charge on any atom is -0.466 e. The molecule has 0 aliphatic rings. The van der Waals surface area contributed by atoms with Crippen molar-refractivity contribution in [2.24, 2.45) is 0 Å². The lowest BCUT2D eigenvalue weighted by Gasteiger charge is -2.13. The van der Waals surface area contributed by atoms with Crippen LogP contribution in [0.2, 0.25) is 0 Å². The van der Waals surface area contributed by atoms with Gasteiger partial charge in [-0.15, -0.1) is 0 Å². The van der Waals surface area contributed by atoms with Crippen molar-refractivity contribution in [1.82, 2.24) is 4.98 Å². The second-order valence-electron chi connectivity index (χ2n) is 7.93. The standard InChI is InChI=1S/C28H26N4O3.C2H6/c1-2-35-27(33)16-24(29)23-9-5-6-10-25(23)30-17-19-11-14-26(31-18-19)32-28(34)22-13-12-20-7-3-4-8-21(20)15-22;1-2/h3-15,18,29-30H,2,16-17H2,1H3,(H,31,32,34);1-2H3. The van der Waals surface area contributed by atoms with Crippen LogP contribution in [0.1, 0.15) is 48.7 Å². The Labute approximate surface area is 217 Å². The van der Waals surface area contributed by atoms with E-state index < -0.39 is 5.97 Å². The molecule has 0 saturated heterocycles. The zero-order chi connectivity index (χ0) is 26.6. The van der Waals surface area contributed by atoms with E-state index in [0.29, 0.717) is 23.5 Å². The van der Waals surface area contributed by atoms with Gasteiger partial charge in [-0.3, -0.25) is 9.59 Å². The number of hydrogen-bond acceptors (Lipinski definition) is 6. The maximum Gasteiger partial charge on any atom is 0.311 e. The normalized spacial score (nSPS) is 10.1. The van der Waals surface area contributed by atoms with Gasteiger partial charge in [0.25, 0.3) is 5.91 Å². The van der Waals surface area contributed by atoms with Gasteiger partial charge in [-0.05, 0) is 47.5 Å². The van der Waals surface area contributed by atoms with Gasteiger partial charge in [0.15, 0.2) is 0 Å². The summed E-state index contributed by atoms with van der Waals surface area (Å²) in [5.74, 6) is -0.176. The molecule has 0 spiro atoms. The molecule has 0 bridgehead atoms. The molecule has 0 fully saturated rings. The van der Waals surface area contributed by atoms with Gasteiger partial charge in [0.05, 0.1) is 18.7 Å². The summed E-state index contributed by atoms with van der Waals surface area (Å²) in [6.07, 6.45) is 1.61. The van der Waals surface area contributed by atoms with Crippen molar-refractivity contribution in [2.45, 2.75) is 33.7 Å². The van der Waals surface area contributed by atoms with Crippen molar-refractivity contribution in [2.75, 3.05) is 17.2 Å². The second kappa shape index (κ2) is 13.5. The van der Waals surface area contributed by atoms with E-state index in [-0.39, 0.29) is 24.6 Å². The third kappa shape index (κ3) is 7.48. The van der Waals surface area contributed by atoms with E-state index in [1.807, 2.05) is 74.5 Å². The Morgan fingerprint density at radius 2 is 1.65 bits per heavy atom. The molecule has 0 atom stereocenters. The highest BCUT2D eigenvalue weighted by molar-refractivity contribution is 6.10. The predicted octanol–water partition coefficient (Wildman–Crippen LogP) is 6.45. The average molecular weight is 497 g/mol. The van der Waals surface area contributed by atoms with Gasteiger partial charge in [0, 0.05) is 29.6 Å². The minimum atomic E-state index is -0.419. The van der Waals surface area contributed by atoms with Crippen LogP contribution in [-0.2, 0) is 16.1 Å². The summed E-state index contributed by atoms with van der Waals surface area (Å²) in [6.45, 7) is 6.50. The second-order valence-corrected chi connectivity index (χ2v) is 7.93.